The van der Waals surface area contributed by atoms with Gasteiger partial charge in [0.05, 0.1) is 29.4 Å². The number of hydrogen-bond donors (Lipinski definition) is 1. The third-order valence-corrected chi connectivity index (χ3v) is 5.72. The van der Waals surface area contributed by atoms with E-state index in [0.29, 0.717) is 10.8 Å². The largest absolute Gasteiger partial charge is 0.496 e. The predicted octanol–water partition coefficient (Wildman–Crippen LogP) is 3.98. The molecular formula is C20H19N3O2S. The van der Waals surface area contributed by atoms with Gasteiger partial charge in [-0.25, -0.2) is 0 Å². The molecule has 0 spiro atoms. The minimum atomic E-state index is -1.21. The Bertz CT molecular complexity index is 1080. The van der Waals surface area contributed by atoms with Gasteiger partial charge in [-0.15, -0.1) is 0 Å². The first-order chi connectivity index (χ1) is 12.7. The average Bonchev–Trinajstić information content (AvgIpc) is 3.32. The third-order valence-electron chi connectivity index (χ3n) is 4.47. The van der Waals surface area contributed by atoms with Crippen LogP contribution < -0.4 is 4.74 Å². The van der Waals surface area contributed by atoms with Gasteiger partial charge >= 0.3 is 0 Å². The highest BCUT2D eigenvalue weighted by Gasteiger charge is 2.13. The van der Waals surface area contributed by atoms with Crippen molar-refractivity contribution in [2.24, 2.45) is 0 Å². The second-order valence-corrected chi connectivity index (χ2v) is 7.49. The van der Waals surface area contributed by atoms with Crippen molar-refractivity contribution >= 4 is 21.7 Å². The van der Waals surface area contributed by atoms with E-state index in [1.165, 1.54) is 0 Å². The number of pyridine rings is 1. The summed E-state index contributed by atoms with van der Waals surface area (Å²) in [5.41, 5.74) is 3.76. The number of fused-ring (bicyclic) bond motifs is 1. The lowest BCUT2D eigenvalue weighted by Crippen LogP contribution is -2.02. The highest BCUT2D eigenvalue weighted by Crippen LogP contribution is 2.24. The summed E-state index contributed by atoms with van der Waals surface area (Å²) < 4.78 is 20.2. The molecule has 0 aliphatic rings. The van der Waals surface area contributed by atoms with Crippen LogP contribution in [0.1, 0.15) is 11.3 Å². The van der Waals surface area contributed by atoms with E-state index in [1.807, 2.05) is 60.3 Å². The fourth-order valence-electron chi connectivity index (χ4n) is 3.01. The zero-order valence-corrected chi connectivity index (χ0v) is 15.4. The average molecular weight is 365 g/mol. The second kappa shape index (κ2) is 6.80. The van der Waals surface area contributed by atoms with Crippen molar-refractivity contribution in [3.05, 3.63) is 72.3 Å². The fourth-order valence-corrected chi connectivity index (χ4v) is 4.19. The summed E-state index contributed by atoms with van der Waals surface area (Å²) >= 11 is 0. The predicted molar refractivity (Wildman–Crippen MR) is 103 cm³/mol. The van der Waals surface area contributed by atoms with Crippen LogP contribution in [-0.4, -0.2) is 25.9 Å². The number of benzene rings is 1. The number of nitrogens with zero attached hydrogens (tertiary/aromatic N) is 2. The van der Waals surface area contributed by atoms with Crippen LogP contribution in [0.2, 0.25) is 0 Å². The van der Waals surface area contributed by atoms with Gasteiger partial charge in [0, 0.05) is 40.7 Å². The van der Waals surface area contributed by atoms with Gasteiger partial charge in [-0.05, 0) is 49.4 Å². The maximum absolute atomic E-state index is 12.8. The Kier molecular flexibility index (Phi) is 4.34. The summed E-state index contributed by atoms with van der Waals surface area (Å²) in [5.74, 6) is 1.11. The lowest BCUT2D eigenvalue weighted by molar-refractivity contribution is 0.410. The summed E-state index contributed by atoms with van der Waals surface area (Å²) in [6.45, 7) is 1.94. The second-order valence-electron chi connectivity index (χ2n) is 6.07. The molecule has 1 aromatic carbocycles. The van der Waals surface area contributed by atoms with E-state index in [-0.39, 0.29) is 0 Å². The first kappa shape index (κ1) is 16.6. The van der Waals surface area contributed by atoms with Crippen molar-refractivity contribution in [1.82, 2.24) is 14.5 Å². The Morgan fingerprint density at radius 1 is 1.19 bits per heavy atom. The van der Waals surface area contributed by atoms with Gasteiger partial charge in [-0.2, -0.15) is 0 Å². The highest BCUT2D eigenvalue weighted by molar-refractivity contribution is 7.84. The van der Waals surface area contributed by atoms with Crippen LogP contribution in [-0.2, 0) is 16.6 Å². The van der Waals surface area contributed by atoms with Crippen LogP contribution in [0.3, 0.4) is 0 Å². The monoisotopic (exact) mass is 365 g/mol. The van der Waals surface area contributed by atoms with Gasteiger partial charge in [0.2, 0.25) is 0 Å². The summed E-state index contributed by atoms with van der Waals surface area (Å²) in [6.07, 6.45) is 5.70. The Morgan fingerprint density at radius 3 is 2.77 bits per heavy atom. The topological polar surface area (TPSA) is 59.9 Å². The molecule has 6 heteroatoms. The Hall–Kier alpha value is -2.86. The molecule has 0 aliphatic carbocycles. The van der Waals surface area contributed by atoms with Crippen molar-refractivity contribution < 1.29 is 8.95 Å². The molecule has 3 aromatic heterocycles. The number of aromatic amines is 1. The Balaban J connectivity index is 1.63. The van der Waals surface area contributed by atoms with Crippen molar-refractivity contribution in [3.63, 3.8) is 0 Å². The smallest absolute Gasteiger partial charge is 0.125 e. The highest BCUT2D eigenvalue weighted by atomic mass is 32.2. The van der Waals surface area contributed by atoms with Gasteiger partial charge in [0.15, 0.2) is 0 Å². The van der Waals surface area contributed by atoms with E-state index in [2.05, 4.69) is 16.0 Å². The lowest BCUT2D eigenvalue weighted by atomic mass is 10.2. The molecule has 0 saturated carbocycles. The van der Waals surface area contributed by atoms with Gasteiger partial charge in [0.1, 0.15) is 10.8 Å². The summed E-state index contributed by atoms with van der Waals surface area (Å²) in [6, 6.07) is 13.9. The minimum Gasteiger partial charge on any atom is -0.496 e. The molecule has 0 amide bonds. The minimum absolute atomic E-state index is 0.348. The number of aromatic nitrogens is 3. The molecule has 3 heterocycles. The first-order valence-electron chi connectivity index (χ1n) is 8.28. The molecule has 1 unspecified atom stereocenters. The number of methoxy groups -OCH3 is 1. The van der Waals surface area contributed by atoms with Gasteiger partial charge in [0.25, 0.3) is 0 Å². The standard InChI is InChI=1S/C20H19N3O2S/c1-14-18(21-8-7-19(14)25-2)13-26(24)20-12-15-11-16(5-6-17(15)22-20)23-9-3-4-10-23/h3-12,22H,13H2,1-2H3. The molecule has 0 bridgehead atoms. The van der Waals surface area contributed by atoms with Crippen LogP contribution in [0.25, 0.3) is 16.6 Å². The number of rotatable bonds is 5. The SMILES string of the molecule is COc1ccnc(CS(=O)c2cc3cc(-n4cccc4)ccc3[nH]2)c1C. The zero-order chi connectivity index (χ0) is 18.1. The maximum Gasteiger partial charge on any atom is 0.125 e. The van der Waals surface area contributed by atoms with E-state index in [0.717, 1.165) is 33.6 Å². The molecule has 26 heavy (non-hydrogen) atoms. The molecule has 0 saturated heterocycles. The molecule has 0 radical (unpaired) electrons. The van der Waals surface area contributed by atoms with E-state index < -0.39 is 10.8 Å². The lowest BCUT2D eigenvalue weighted by Gasteiger charge is -2.08. The number of nitrogens with one attached hydrogen (secondary N) is 1. The zero-order valence-electron chi connectivity index (χ0n) is 14.6. The van der Waals surface area contributed by atoms with Crippen molar-refractivity contribution in [2.45, 2.75) is 17.7 Å². The summed E-state index contributed by atoms with van der Waals surface area (Å²) in [5, 5.41) is 1.74. The van der Waals surface area contributed by atoms with Gasteiger partial charge in [-0.3, -0.25) is 9.19 Å². The first-order valence-corrected chi connectivity index (χ1v) is 9.60. The van der Waals surface area contributed by atoms with Crippen molar-refractivity contribution in [1.29, 1.82) is 0 Å². The normalized spacial score (nSPS) is 12.4. The molecule has 5 nitrogen and oxygen atoms in total. The molecule has 132 valence electrons. The van der Waals surface area contributed by atoms with Gasteiger partial charge < -0.3 is 14.3 Å². The Morgan fingerprint density at radius 2 is 2.00 bits per heavy atom. The van der Waals surface area contributed by atoms with Crippen molar-refractivity contribution in [2.75, 3.05) is 7.11 Å². The van der Waals surface area contributed by atoms with Crippen LogP contribution in [0.15, 0.2) is 66.1 Å². The molecule has 0 aliphatic heterocycles. The number of hydrogen-bond acceptors (Lipinski definition) is 3. The van der Waals surface area contributed by atoms with Gasteiger partial charge in [-0.1, -0.05) is 0 Å². The third kappa shape index (κ3) is 3.04. The molecule has 1 atom stereocenters. The van der Waals surface area contributed by atoms with Crippen LogP contribution in [0.4, 0.5) is 0 Å². The molecule has 4 aromatic rings. The maximum atomic E-state index is 12.8. The van der Waals surface area contributed by atoms with Crippen LogP contribution in [0.5, 0.6) is 5.75 Å². The Labute approximate surface area is 154 Å². The van der Waals surface area contributed by atoms with E-state index in [9.17, 15) is 4.21 Å². The molecule has 1 N–H and O–H groups in total. The molecule has 0 fully saturated rings. The molecule has 4 rings (SSSR count). The van der Waals surface area contributed by atoms with E-state index in [4.69, 9.17) is 4.74 Å². The summed E-state index contributed by atoms with van der Waals surface area (Å²) in [7, 11) is 0.417. The fraction of sp³-hybridized carbons (Fsp3) is 0.150. The molecular weight excluding hydrogens is 346 g/mol. The van der Waals surface area contributed by atoms with E-state index in [1.54, 1.807) is 13.3 Å². The van der Waals surface area contributed by atoms with E-state index >= 15 is 0 Å². The quantitative estimate of drug-likeness (QED) is 0.582. The van der Waals surface area contributed by atoms with Crippen molar-refractivity contribution in [3.8, 4) is 11.4 Å². The van der Waals surface area contributed by atoms with Crippen LogP contribution in [0, 0.1) is 6.92 Å². The number of H-pyrrole nitrogens is 1. The van der Waals surface area contributed by atoms with Crippen LogP contribution >= 0.6 is 0 Å². The number of ether oxygens (including phenoxy) is 1. The summed E-state index contributed by atoms with van der Waals surface area (Å²) in [4.78, 5) is 7.63.